The van der Waals surface area contributed by atoms with Crippen molar-refractivity contribution in [3.8, 4) is 11.8 Å². The second-order valence-electron chi connectivity index (χ2n) is 3.57. The number of thiophene rings is 1. The molecule has 2 heterocycles. The van der Waals surface area contributed by atoms with E-state index in [9.17, 15) is 4.79 Å². The fourth-order valence-corrected chi connectivity index (χ4v) is 3.33. The van der Waals surface area contributed by atoms with Gasteiger partial charge in [-0.15, -0.1) is 11.3 Å². The molecule has 90 valence electrons. The van der Waals surface area contributed by atoms with Gasteiger partial charge in [0, 0.05) is 24.6 Å². The van der Waals surface area contributed by atoms with Crippen LogP contribution in [0.25, 0.3) is 0 Å². The van der Waals surface area contributed by atoms with Gasteiger partial charge in [0.25, 0.3) is 5.91 Å². The van der Waals surface area contributed by atoms with Crippen LogP contribution >= 0.6 is 23.1 Å². The Morgan fingerprint density at radius 3 is 2.88 bits per heavy atom. The van der Waals surface area contributed by atoms with Crippen LogP contribution in [0.5, 0.6) is 0 Å². The van der Waals surface area contributed by atoms with Crippen LogP contribution in [0, 0.1) is 11.8 Å². The number of hydrogen-bond donors (Lipinski definition) is 1. The van der Waals surface area contributed by atoms with Crippen LogP contribution in [0.1, 0.15) is 14.5 Å². The van der Waals surface area contributed by atoms with Crippen LogP contribution in [0.4, 0.5) is 0 Å². The highest BCUT2D eigenvalue weighted by Gasteiger charge is 2.19. The lowest BCUT2D eigenvalue weighted by Gasteiger charge is -2.25. The standard InChI is InChI=1S/C12H14N2OS2/c13-5-1-2-10-3-4-11(17-10)12(15)14-6-8-16-9-7-14/h3-4H,5-9,13H2. The Kier molecular flexibility index (Phi) is 4.49. The normalized spacial score (nSPS) is 15.2. The summed E-state index contributed by atoms with van der Waals surface area (Å²) in [6, 6.07) is 3.74. The zero-order chi connectivity index (χ0) is 12.1. The molecule has 0 radical (unpaired) electrons. The fraction of sp³-hybridized carbons (Fsp3) is 0.417. The molecule has 0 aliphatic carbocycles. The van der Waals surface area contributed by atoms with Crippen LogP contribution in [0.15, 0.2) is 12.1 Å². The number of rotatable bonds is 1. The molecule has 0 aromatic carbocycles. The number of nitrogens with zero attached hydrogens (tertiary/aromatic N) is 1. The predicted octanol–water partition coefficient (Wildman–Crippen LogP) is 1.25. The Morgan fingerprint density at radius 2 is 2.18 bits per heavy atom. The first-order chi connectivity index (χ1) is 8.31. The maximum atomic E-state index is 12.1. The molecular weight excluding hydrogens is 252 g/mol. The summed E-state index contributed by atoms with van der Waals surface area (Å²) in [6.45, 7) is 2.06. The molecule has 1 aliphatic heterocycles. The number of thioether (sulfide) groups is 1. The molecule has 1 saturated heterocycles. The highest BCUT2D eigenvalue weighted by Crippen LogP contribution is 2.19. The van der Waals surface area contributed by atoms with E-state index in [1.54, 1.807) is 0 Å². The van der Waals surface area contributed by atoms with Gasteiger partial charge in [-0.3, -0.25) is 4.79 Å². The van der Waals surface area contributed by atoms with Gasteiger partial charge in [0.05, 0.1) is 16.3 Å². The molecule has 1 aromatic rings. The van der Waals surface area contributed by atoms with Gasteiger partial charge in [-0.2, -0.15) is 11.8 Å². The minimum atomic E-state index is 0.135. The number of amides is 1. The first-order valence-electron chi connectivity index (χ1n) is 5.47. The van der Waals surface area contributed by atoms with Crippen molar-refractivity contribution in [1.82, 2.24) is 4.90 Å². The summed E-state index contributed by atoms with van der Waals surface area (Å²) in [6.07, 6.45) is 0. The summed E-state index contributed by atoms with van der Waals surface area (Å²) in [5.74, 6) is 7.96. The SMILES string of the molecule is NCC#Cc1ccc(C(=O)N2CCSCC2)s1. The van der Waals surface area contributed by atoms with Crippen molar-refractivity contribution >= 4 is 29.0 Å². The largest absolute Gasteiger partial charge is 0.336 e. The molecule has 2 N–H and O–H groups in total. The van der Waals surface area contributed by atoms with Gasteiger partial charge < -0.3 is 10.6 Å². The van der Waals surface area contributed by atoms with Crippen LogP contribution in [0.3, 0.4) is 0 Å². The molecule has 0 atom stereocenters. The van der Waals surface area contributed by atoms with Crippen molar-refractivity contribution in [2.45, 2.75) is 0 Å². The van der Waals surface area contributed by atoms with Crippen molar-refractivity contribution in [2.24, 2.45) is 5.73 Å². The molecule has 0 unspecified atom stereocenters. The Bertz CT molecular complexity index is 453. The third-order valence-corrected chi connectivity index (χ3v) is 4.36. The molecule has 0 saturated carbocycles. The van der Waals surface area contributed by atoms with E-state index in [4.69, 9.17) is 5.73 Å². The summed E-state index contributed by atoms with van der Waals surface area (Å²) >= 11 is 3.35. The average molecular weight is 266 g/mol. The minimum absolute atomic E-state index is 0.135. The van der Waals surface area contributed by atoms with Gasteiger partial charge in [-0.25, -0.2) is 0 Å². The van der Waals surface area contributed by atoms with Gasteiger partial charge in [0.1, 0.15) is 0 Å². The van der Waals surface area contributed by atoms with E-state index in [0.29, 0.717) is 6.54 Å². The maximum Gasteiger partial charge on any atom is 0.264 e. The molecular formula is C12H14N2OS2. The Balaban J connectivity index is 2.06. The molecule has 0 bridgehead atoms. The van der Waals surface area contributed by atoms with E-state index in [1.807, 2.05) is 28.8 Å². The lowest BCUT2D eigenvalue weighted by Crippen LogP contribution is -2.37. The molecule has 1 fully saturated rings. The number of nitrogens with two attached hydrogens (primary N) is 1. The van der Waals surface area contributed by atoms with Crippen molar-refractivity contribution in [2.75, 3.05) is 31.1 Å². The van der Waals surface area contributed by atoms with Gasteiger partial charge >= 0.3 is 0 Å². The summed E-state index contributed by atoms with van der Waals surface area (Å²) in [5.41, 5.74) is 5.31. The lowest BCUT2D eigenvalue weighted by atomic mass is 10.3. The average Bonchev–Trinajstić information content (AvgIpc) is 2.85. The zero-order valence-electron chi connectivity index (χ0n) is 9.44. The second-order valence-corrected chi connectivity index (χ2v) is 5.88. The van der Waals surface area contributed by atoms with Gasteiger partial charge in [-0.05, 0) is 12.1 Å². The summed E-state index contributed by atoms with van der Waals surface area (Å²) in [5, 5.41) is 0. The van der Waals surface area contributed by atoms with Gasteiger partial charge in [0.15, 0.2) is 0 Å². The molecule has 1 aromatic heterocycles. The fourth-order valence-electron chi connectivity index (χ4n) is 1.58. The van der Waals surface area contributed by atoms with E-state index in [1.165, 1.54) is 11.3 Å². The molecule has 2 rings (SSSR count). The minimum Gasteiger partial charge on any atom is -0.336 e. The van der Waals surface area contributed by atoms with Gasteiger partial charge in [-0.1, -0.05) is 11.8 Å². The van der Waals surface area contributed by atoms with Crippen LogP contribution < -0.4 is 5.73 Å². The zero-order valence-corrected chi connectivity index (χ0v) is 11.1. The maximum absolute atomic E-state index is 12.1. The van der Waals surface area contributed by atoms with E-state index in [2.05, 4.69) is 11.8 Å². The Hall–Kier alpha value is -0.960. The quantitative estimate of drug-likeness (QED) is 0.778. The Morgan fingerprint density at radius 1 is 1.41 bits per heavy atom. The predicted molar refractivity (Wildman–Crippen MR) is 73.5 cm³/mol. The number of carbonyl (C=O) groups is 1. The highest BCUT2D eigenvalue weighted by atomic mass is 32.2. The monoisotopic (exact) mass is 266 g/mol. The molecule has 17 heavy (non-hydrogen) atoms. The van der Waals surface area contributed by atoms with Crippen LogP contribution in [0.2, 0.25) is 0 Å². The highest BCUT2D eigenvalue weighted by molar-refractivity contribution is 7.99. The molecule has 0 spiro atoms. The number of hydrogen-bond acceptors (Lipinski definition) is 4. The smallest absolute Gasteiger partial charge is 0.264 e. The third kappa shape index (κ3) is 3.25. The van der Waals surface area contributed by atoms with Crippen molar-refractivity contribution in [3.63, 3.8) is 0 Å². The van der Waals surface area contributed by atoms with Crippen molar-refractivity contribution in [1.29, 1.82) is 0 Å². The van der Waals surface area contributed by atoms with Crippen LogP contribution in [-0.4, -0.2) is 41.9 Å². The topological polar surface area (TPSA) is 46.3 Å². The Labute approximate surface area is 109 Å². The summed E-state index contributed by atoms with van der Waals surface area (Å²) < 4.78 is 0. The molecule has 5 heteroatoms. The van der Waals surface area contributed by atoms with E-state index in [0.717, 1.165) is 34.3 Å². The number of carbonyl (C=O) groups excluding carboxylic acids is 1. The molecule has 1 amide bonds. The third-order valence-electron chi connectivity index (χ3n) is 2.43. The second kappa shape index (κ2) is 6.10. The lowest BCUT2D eigenvalue weighted by molar-refractivity contribution is 0.0777. The summed E-state index contributed by atoms with van der Waals surface area (Å²) in [7, 11) is 0. The summed E-state index contributed by atoms with van der Waals surface area (Å²) in [4.78, 5) is 15.7. The van der Waals surface area contributed by atoms with E-state index in [-0.39, 0.29) is 5.91 Å². The first-order valence-corrected chi connectivity index (χ1v) is 7.44. The molecule has 3 nitrogen and oxygen atoms in total. The van der Waals surface area contributed by atoms with E-state index < -0.39 is 0 Å². The van der Waals surface area contributed by atoms with Crippen LogP contribution in [-0.2, 0) is 0 Å². The van der Waals surface area contributed by atoms with E-state index >= 15 is 0 Å². The first kappa shape index (κ1) is 12.5. The van der Waals surface area contributed by atoms with Gasteiger partial charge in [0.2, 0.25) is 0 Å². The van der Waals surface area contributed by atoms with Crippen molar-refractivity contribution in [3.05, 3.63) is 21.9 Å². The molecule has 1 aliphatic rings. The van der Waals surface area contributed by atoms with Crippen molar-refractivity contribution < 1.29 is 4.79 Å².